The van der Waals surface area contributed by atoms with Crippen LogP contribution >= 0.6 is 0 Å². The van der Waals surface area contributed by atoms with Crippen molar-refractivity contribution >= 4 is 15.5 Å². The molecule has 1 atom stereocenters. The lowest BCUT2D eigenvalue weighted by Gasteiger charge is -2.15. The maximum atomic E-state index is 13.3. The number of nitriles is 1. The van der Waals surface area contributed by atoms with Gasteiger partial charge in [-0.25, -0.2) is 12.8 Å². The molecule has 4 nitrogen and oxygen atoms in total. The molecule has 0 aliphatic carbocycles. The van der Waals surface area contributed by atoms with E-state index in [2.05, 4.69) is 5.32 Å². The summed E-state index contributed by atoms with van der Waals surface area (Å²) in [6, 6.07) is 5.94. The maximum Gasteiger partial charge on any atom is 0.147 e. The van der Waals surface area contributed by atoms with Gasteiger partial charge in [-0.3, -0.25) is 0 Å². The average Bonchev–Trinajstić information content (AvgIpc) is 2.26. The highest BCUT2D eigenvalue weighted by atomic mass is 32.2. The third kappa shape index (κ3) is 4.34. The van der Waals surface area contributed by atoms with Gasteiger partial charge in [0, 0.05) is 12.3 Å². The Hall–Kier alpha value is -1.61. The second-order valence-electron chi connectivity index (χ2n) is 4.24. The van der Waals surface area contributed by atoms with Crippen molar-refractivity contribution in [1.29, 1.82) is 5.26 Å². The number of hydrogen-bond donors (Lipinski definition) is 1. The van der Waals surface area contributed by atoms with E-state index in [0.29, 0.717) is 12.1 Å². The van der Waals surface area contributed by atoms with Gasteiger partial charge in [0.25, 0.3) is 0 Å². The Morgan fingerprint density at radius 3 is 2.72 bits per heavy atom. The molecule has 18 heavy (non-hydrogen) atoms. The molecule has 0 aliphatic rings. The summed E-state index contributed by atoms with van der Waals surface area (Å²) in [7, 11) is -3.01. The van der Waals surface area contributed by atoms with Crippen LogP contribution in [0.1, 0.15) is 18.9 Å². The molecule has 0 aromatic heterocycles. The van der Waals surface area contributed by atoms with Gasteiger partial charge in [0.05, 0.1) is 11.4 Å². The summed E-state index contributed by atoms with van der Waals surface area (Å²) in [4.78, 5) is 0. The highest BCUT2D eigenvalue weighted by Crippen LogP contribution is 2.19. The molecule has 1 rings (SSSR count). The Balaban J connectivity index is 2.74. The zero-order chi connectivity index (χ0) is 13.8. The Bertz CT molecular complexity index is 564. The van der Waals surface area contributed by atoms with Crippen LogP contribution in [0, 0.1) is 17.1 Å². The standard InChI is InChI=1S/C12H15FN2O2S/c1-9(6-7-18(2,16)17)15-12-5-3-4-11(13)10(12)8-14/h3-5,9,15H,6-7H2,1-2H3. The van der Waals surface area contributed by atoms with E-state index < -0.39 is 15.7 Å². The van der Waals surface area contributed by atoms with Crippen molar-refractivity contribution in [3.8, 4) is 6.07 Å². The van der Waals surface area contributed by atoms with Crippen molar-refractivity contribution in [2.45, 2.75) is 19.4 Å². The fraction of sp³-hybridized carbons (Fsp3) is 0.417. The largest absolute Gasteiger partial charge is 0.381 e. The van der Waals surface area contributed by atoms with E-state index in [1.54, 1.807) is 19.1 Å². The van der Waals surface area contributed by atoms with Gasteiger partial charge in [-0.15, -0.1) is 0 Å². The molecule has 1 aromatic carbocycles. The van der Waals surface area contributed by atoms with Crippen molar-refractivity contribution in [3.05, 3.63) is 29.6 Å². The van der Waals surface area contributed by atoms with Gasteiger partial charge >= 0.3 is 0 Å². The molecular formula is C12H15FN2O2S. The van der Waals surface area contributed by atoms with E-state index >= 15 is 0 Å². The topological polar surface area (TPSA) is 70.0 Å². The highest BCUT2D eigenvalue weighted by Gasteiger charge is 2.12. The average molecular weight is 270 g/mol. The molecule has 1 N–H and O–H groups in total. The third-order valence-electron chi connectivity index (χ3n) is 2.45. The van der Waals surface area contributed by atoms with Crippen molar-refractivity contribution in [2.24, 2.45) is 0 Å². The molecule has 0 fully saturated rings. The van der Waals surface area contributed by atoms with E-state index in [0.717, 1.165) is 0 Å². The van der Waals surface area contributed by atoms with Crippen LogP contribution in [0.4, 0.5) is 10.1 Å². The number of benzene rings is 1. The lowest BCUT2D eigenvalue weighted by molar-refractivity contribution is 0.595. The fourth-order valence-corrected chi connectivity index (χ4v) is 2.27. The Morgan fingerprint density at radius 2 is 2.17 bits per heavy atom. The van der Waals surface area contributed by atoms with Crippen LogP contribution in [0.2, 0.25) is 0 Å². The second-order valence-corrected chi connectivity index (χ2v) is 6.50. The number of sulfone groups is 1. The van der Waals surface area contributed by atoms with Crippen molar-refractivity contribution < 1.29 is 12.8 Å². The number of halogens is 1. The monoisotopic (exact) mass is 270 g/mol. The van der Waals surface area contributed by atoms with Crippen molar-refractivity contribution in [1.82, 2.24) is 0 Å². The van der Waals surface area contributed by atoms with Crippen molar-refractivity contribution in [2.75, 3.05) is 17.3 Å². The number of nitrogens with zero attached hydrogens (tertiary/aromatic N) is 1. The van der Waals surface area contributed by atoms with Crippen LogP contribution in [0.25, 0.3) is 0 Å². The summed E-state index contributed by atoms with van der Waals surface area (Å²) in [5.41, 5.74) is 0.335. The predicted molar refractivity (Wildman–Crippen MR) is 68.5 cm³/mol. The molecule has 98 valence electrons. The maximum absolute atomic E-state index is 13.3. The van der Waals surface area contributed by atoms with Gasteiger partial charge in [0.1, 0.15) is 27.3 Å². The van der Waals surface area contributed by atoms with Gasteiger partial charge in [-0.05, 0) is 25.5 Å². The van der Waals surface area contributed by atoms with E-state index in [9.17, 15) is 12.8 Å². The molecule has 0 amide bonds. The summed E-state index contributed by atoms with van der Waals surface area (Å²) in [6.45, 7) is 1.79. The molecule has 6 heteroatoms. The van der Waals surface area contributed by atoms with Crippen LogP contribution in [-0.2, 0) is 9.84 Å². The molecule has 0 aliphatic heterocycles. The molecule has 0 spiro atoms. The first-order valence-electron chi connectivity index (χ1n) is 5.46. The van der Waals surface area contributed by atoms with Crippen LogP contribution in [0.5, 0.6) is 0 Å². The molecule has 0 saturated carbocycles. The van der Waals surface area contributed by atoms with Crippen molar-refractivity contribution in [3.63, 3.8) is 0 Å². The Labute approximate surface area is 106 Å². The lowest BCUT2D eigenvalue weighted by atomic mass is 10.1. The first-order chi connectivity index (χ1) is 8.33. The summed E-state index contributed by atoms with van der Waals surface area (Å²) < 4.78 is 35.4. The SMILES string of the molecule is CC(CCS(C)(=O)=O)Nc1cccc(F)c1C#N. The minimum atomic E-state index is -3.01. The van der Waals surface area contributed by atoms with E-state index in [1.165, 1.54) is 18.4 Å². The molecular weight excluding hydrogens is 255 g/mol. The molecule has 0 heterocycles. The summed E-state index contributed by atoms with van der Waals surface area (Å²) >= 11 is 0. The van der Waals surface area contributed by atoms with E-state index in [1.807, 2.05) is 0 Å². The minimum absolute atomic E-state index is 0.0521. The predicted octanol–water partition coefficient (Wildman–Crippen LogP) is 1.93. The Kier molecular flexibility index (Phi) is 4.68. The number of nitrogens with one attached hydrogen (secondary N) is 1. The number of rotatable bonds is 5. The van der Waals surface area contributed by atoms with E-state index in [4.69, 9.17) is 5.26 Å². The summed E-state index contributed by atoms with van der Waals surface area (Å²) in [5, 5.41) is 11.8. The molecule has 0 saturated heterocycles. The molecule has 1 aromatic rings. The second kappa shape index (κ2) is 5.83. The number of anilines is 1. The van der Waals surface area contributed by atoms with Gasteiger partial charge in [0.15, 0.2) is 0 Å². The van der Waals surface area contributed by atoms with Crippen LogP contribution in [-0.4, -0.2) is 26.5 Å². The van der Waals surface area contributed by atoms with Gasteiger partial charge < -0.3 is 5.32 Å². The van der Waals surface area contributed by atoms with Gasteiger partial charge in [-0.2, -0.15) is 5.26 Å². The molecule has 0 radical (unpaired) electrons. The zero-order valence-electron chi connectivity index (χ0n) is 10.3. The molecule has 0 bridgehead atoms. The third-order valence-corrected chi connectivity index (χ3v) is 3.43. The lowest BCUT2D eigenvalue weighted by Crippen LogP contribution is -2.20. The normalized spacial score (nSPS) is 12.8. The first kappa shape index (κ1) is 14.5. The smallest absolute Gasteiger partial charge is 0.147 e. The van der Waals surface area contributed by atoms with Gasteiger partial charge in [-0.1, -0.05) is 6.07 Å². The van der Waals surface area contributed by atoms with E-state index in [-0.39, 0.29) is 17.4 Å². The first-order valence-corrected chi connectivity index (χ1v) is 7.52. The fourth-order valence-electron chi connectivity index (χ4n) is 1.49. The number of hydrogen-bond acceptors (Lipinski definition) is 4. The minimum Gasteiger partial charge on any atom is -0.381 e. The highest BCUT2D eigenvalue weighted by molar-refractivity contribution is 7.90. The quantitative estimate of drug-likeness (QED) is 0.887. The van der Waals surface area contributed by atoms with Crippen LogP contribution in [0.15, 0.2) is 18.2 Å². The zero-order valence-corrected chi connectivity index (χ0v) is 11.1. The summed E-state index contributed by atoms with van der Waals surface area (Å²) in [5.74, 6) is -0.531. The van der Waals surface area contributed by atoms with Crippen LogP contribution in [0.3, 0.4) is 0 Å². The van der Waals surface area contributed by atoms with Crippen LogP contribution < -0.4 is 5.32 Å². The van der Waals surface area contributed by atoms with Gasteiger partial charge in [0.2, 0.25) is 0 Å². The summed E-state index contributed by atoms with van der Waals surface area (Å²) in [6.07, 6.45) is 1.57. The Morgan fingerprint density at radius 1 is 1.50 bits per heavy atom. The molecule has 1 unspecified atom stereocenters.